The Labute approximate surface area is 148 Å². The van der Waals surface area contributed by atoms with Gasteiger partial charge in [-0.25, -0.2) is 0 Å². The summed E-state index contributed by atoms with van der Waals surface area (Å²) in [6.45, 7) is 5.58. The topological polar surface area (TPSA) is 66.2 Å². The van der Waals surface area contributed by atoms with Crippen LogP contribution in [0.5, 0.6) is 5.95 Å². The molecule has 1 aromatic heterocycles. The summed E-state index contributed by atoms with van der Waals surface area (Å²) < 4.78 is 10.5. The lowest BCUT2D eigenvalue weighted by Gasteiger charge is -2.49. The van der Waals surface area contributed by atoms with E-state index >= 15 is 0 Å². The van der Waals surface area contributed by atoms with Crippen LogP contribution in [0.1, 0.15) is 36.7 Å². The van der Waals surface area contributed by atoms with Gasteiger partial charge in [-0.1, -0.05) is 0 Å². The van der Waals surface area contributed by atoms with E-state index in [1.807, 2.05) is 16.7 Å². The standard InChI is InChI=1S/C18H27N3O4/c1-4-20-10-9-18(8-7-15(20)22)13-21(12-11-19(18)2)17(23)14-5-6-16(24-3)25-14/h5-6H,4,7-13H2,1-3H3. The highest BCUT2D eigenvalue weighted by Crippen LogP contribution is 2.33. The largest absolute Gasteiger partial charge is 0.468 e. The summed E-state index contributed by atoms with van der Waals surface area (Å²) in [5.41, 5.74) is -0.149. The maximum Gasteiger partial charge on any atom is 0.289 e. The van der Waals surface area contributed by atoms with Crippen LogP contribution in [0, 0.1) is 0 Å². The molecule has 0 aliphatic carbocycles. The molecule has 0 radical (unpaired) electrons. The summed E-state index contributed by atoms with van der Waals surface area (Å²) >= 11 is 0. The Kier molecular flexibility index (Phi) is 5.03. The number of carbonyl (C=O) groups is 2. The smallest absolute Gasteiger partial charge is 0.289 e. The van der Waals surface area contributed by atoms with Gasteiger partial charge in [0.1, 0.15) is 0 Å². The first-order valence-electron chi connectivity index (χ1n) is 8.91. The van der Waals surface area contributed by atoms with Crippen LogP contribution in [0.25, 0.3) is 0 Å². The van der Waals surface area contributed by atoms with Crippen LogP contribution in [0.15, 0.2) is 16.5 Å². The van der Waals surface area contributed by atoms with Crippen molar-refractivity contribution >= 4 is 11.8 Å². The molecule has 2 amide bonds. The summed E-state index contributed by atoms with van der Waals surface area (Å²) in [7, 11) is 3.61. The number of likely N-dealkylation sites (tertiary alicyclic amines) is 1. The number of hydrogen-bond acceptors (Lipinski definition) is 5. The number of furan rings is 1. The molecule has 2 fully saturated rings. The van der Waals surface area contributed by atoms with Gasteiger partial charge < -0.3 is 19.0 Å². The SMILES string of the molecule is CCN1CCC2(CCC1=O)CN(C(=O)c1ccc(OC)o1)CCN2C. The predicted octanol–water partition coefficient (Wildman–Crippen LogP) is 1.45. The zero-order valence-corrected chi connectivity index (χ0v) is 15.3. The minimum absolute atomic E-state index is 0.112. The van der Waals surface area contributed by atoms with Crippen molar-refractivity contribution in [3.8, 4) is 5.95 Å². The normalized spacial score (nSPS) is 25.3. The van der Waals surface area contributed by atoms with Crippen LogP contribution in [0.3, 0.4) is 0 Å². The molecule has 1 spiro atoms. The van der Waals surface area contributed by atoms with E-state index in [-0.39, 0.29) is 17.4 Å². The van der Waals surface area contributed by atoms with E-state index in [4.69, 9.17) is 9.15 Å². The van der Waals surface area contributed by atoms with Crippen LogP contribution in [0.2, 0.25) is 0 Å². The Hall–Kier alpha value is -2.02. The van der Waals surface area contributed by atoms with Crippen molar-refractivity contribution in [2.24, 2.45) is 0 Å². The highest BCUT2D eigenvalue weighted by Gasteiger charge is 2.43. The third-order valence-corrected chi connectivity index (χ3v) is 5.67. The first-order valence-corrected chi connectivity index (χ1v) is 8.91. The molecule has 2 aliphatic heterocycles. The second-order valence-electron chi connectivity index (χ2n) is 6.92. The van der Waals surface area contributed by atoms with Crippen molar-refractivity contribution in [2.75, 3.05) is 46.9 Å². The molecule has 3 heterocycles. The number of piperazine rings is 1. The van der Waals surface area contributed by atoms with Gasteiger partial charge >= 0.3 is 0 Å². The summed E-state index contributed by atoms with van der Waals surface area (Å²) in [6, 6.07) is 3.31. The van der Waals surface area contributed by atoms with E-state index in [0.717, 1.165) is 32.5 Å². The molecule has 0 bridgehead atoms. The molecule has 25 heavy (non-hydrogen) atoms. The molecular weight excluding hydrogens is 322 g/mol. The molecule has 2 aliphatic rings. The molecule has 0 aromatic carbocycles. The first-order chi connectivity index (χ1) is 12.0. The number of ether oxygens (including phenoxy) is 1. The van der Waals surface area contributed by atoms with Crippen molar-refractivity contribution in [2.45, 2.75) is 31.7 Å². The monoisotopic (exact) mass is 349 g/mol. The van der Waals surface area contributed by atoms with Gasteiger partial charge in [0.25, 0.3) is 11.9 Å². The number of hydrogen-bond donors (Lipinski definition) is 0. The molecule has 1 aromatic rings. The Morgan fingerprint density at radius 3 is 2.76 bits per heavy atom. The zero-order valence-electron chi connectivity index (χ0n) is 15.3. The zero-order chi connectivity index (χ0) is 18.0. The number of methoxy groups -OCH3 is 1. The minimum atomic E-state index is -0.149. The summed E-state index contributed by atoms with van der Waals surface area (Å²) in [4.78, 5) is 31.2. The lowest BCUT2D eigenvalue weighted by atomic mass is 9.86. The van der Waals surface area contributed by atoms with E-state index in [9.17, 15) is 9.59 Å². The van der Waals surface area contributed by atoms with Crippen molar-refractivity contribution in [3.05, 3.63) is 17.9 Å². The summed E-state index contributed by atoms with van der Waals surface area (Å²) in [6.07, 6.45) is 2.20. The second-order valence-corrected chi connectivity index (χ2v) is 6.92. The summed E-state index contributed by atoms with van der Waals surface area (Å²) in [5.74, 6) is 0.743. The molecule has 3 rings (SSSR count). The number of nitrogens with zero attached hydrogens (tertiary/aromatic N) is 3. The average Bonchev–Trinajstić information content (AvgIpc) is 3.04. The molecule has 0 saturated carbocycles. The molecule has 1 atom stereocenters. The van der Waals surface area contributed by atoms with Crippen molar-refractivity contribution in [3.63, 3.8) is 0 Å². The van der Waals surface area contributed by atoms with Gasteiger partial charge in [-0.3, -0.25) is 14.5 Å². The minimum Gasteiger partial charge on any atom is -0.468 e. The van der Waals surface area contributed by atoms with E-state index < -0.39 is 0 Å². The van der Waals surface area contributed by atoms with Crippen LogP contribution in [-0.2, 0) is 4.79 Å². The van der Waals surface area contributed by atoms with Gasteiger partial charge in [0.15, 0.2) is 5.76 Å². The Morgan fingerprint density at radius 2 is 2.08 bits per heavy atom. The van der Waals surface area contributed by atoms with E-state index in [1.165, 1.54) is 7.11 Å². The van der Waals surface area contributed by atoms with Gasteiger partial charge in [-0.15, -0.1) is 0 Å². The molecule has 138 valence electrons. The first kappa shape index (κ1) is 17.8. The lowest BCUT2D eigenvalue weighted by Crippen LogP contribution is -2.62. The second kappa shape index (κ2) is 7.07. The molecule has 1 unspecified atom stereocenters. The van der Waals surface area contributed by atoms with Gasteiger partial charge in [0, 0.05) is 50.7 Å². The fourth-order valence-electron chi connectivity index (χ4n) is 3.90. The van der Waals surface area contributed by atoms with Gasteiger partial charge in [-0.05, 0) is 32.9 Å². The van der Waals surface area contributed by atoms with E-state index in [0.29, 0.717) is 31.2 Å². The van der Waals surface area contributed by atoms with E-state index in [2.05, 4.69) is 11.9 Å². The highest BCUT2D eigenvalue weighted by molar-refractivity contribution is 5.91. The van der Waals surface area contributed by atoms with Crippen LogP contribution in [-0.4, -0.2) is 78.9 Å². The van der Waals surface area contributed by atoms with Gasteiger partial charge in [0.2, 0.25) is 5.91 Å². The van der Waals surface area contributed by atoms with E-state index in [1.54, 1.807) is 12.1 Å². The number of rotatable bonds is 3. The van der Waals surface area contributed by atoms with Crippen LogP contribution < -0.4 is 4.74 Å². The third-order valence-electron chi connectivity index (χ3n) is 5.67. The summed E-state index contributed by atoms with van der Waals surface area (Å²) in [5, 5.41) is 0. The average molecular weight is 349 g/mol. The molecule has 7 nitrogen and oxygen atoms in total. The fourth-order valence-corrected chi connectivity index (χ4v) is 3.90. The quantitative estimate of drug-likeness (QED) is 0.826. The molecule has 7 heteroatoms. The molecule has 0 N–H and O–H groups in total. The third kappa shape index (κ3) is 3.38. The Bertz CT molecular complexity index is 644. The maximum absolute atomic E-state index is 12.8. The number of amides is 2. The van der Waals surface area contributed by atoms with Crippen molar-refractivity contribution in [1.29, 1.82) is 0 Å². The predicted molar refractivity (Wildman–Crippen MR) is 92.6 cm³/mol. The fraction of sp³-hybridized carbons (Fsp3) is 0.667. The van der Waals surface area contributed by atoms with Crippen LogP contribution in [0.4, 0.5) is 0 Å². The number of likely N-dealkylation sites (N-methyl/N-ethyl adjacent to an activating group) is 1. The Balaban J connectivity index is 1.76. The lowest BCUT2D eigenvalue weighted by molar-refractivity contribution is -0.130. The van der Waals surface area contributed by atoms with Crippen molar-refractivity contribution < 1.29 is 18.7 Å². The number of carbonyl (C=O) groups excluding carboxylic acids is 2. The van der Waals surface area contributed by atoms with Gasteiger partial charge in [0.05, 0.1) is 7.11 Å². The maximum atomic E-state index is 12.8. The highest BCUT2D eigenvalue weighted by atomic mass is 16.6. The molecular formula is C18H27N3O4. The Morgan fingerprint density at radius 1 is 1.28 bits per heavy atom. The van der Waals surface area contributed by atoms with Crippen LogP contribution >= 0.6 is 0 Å². The molecule has 2 saturated heterocycles. The van der Waals surface area contributed by atoms with Gasteiger partial charge in [-0.2, -0.15) is 0 Å². The van der Waals surface area contributed by atoms with Crippen molar-refractivity contribution in [1.82, 2.24) is 14.7 Å².